The maximum Gasteiger partial charge on any atom is 0.321 e. The van der Waals surface area contributed by atoms with Crippen LogP contribution in [0.5, 0.6) is 5.75 Å². The highest BCUT2D eigenvalue weighted by atomic mass is 35.5. The zero-order valence-electron chi connectivity index (χ0n) is 21.4. The molecule has 200 valence electrons. The van der Waals surface area contributed by atoms with Gasteiger partial charge in [-0.2, -0.15) is 0 Å². The number of ether oxygens (including phenoxy) is 1. The van der Waals surface area contributed by atoms with Gasteiger partial charge in [0.2, 0.25) is 0 Å². The molecule has 2 amide bonds. The van der Waals surface area contributed by atoms with Gasteiger partial charge in [0.15, 0.2) is 0 Å². The highest BCUT2D eigenvalue weighted by molar-refractivity contribution is 6.32. The zero-order chi connectivity index (χ0) is 26.9. The number of aromatic nitrogens is 2. The standard InChI is InChI=1S/C29H28ClFN6O2/c1-36-10-9-19-14-37(15-26(19)36)29(38)35-21-5-7-25-23(12-21)28(33-17-32-25)34-22-6-8-27(24(30)13-22)39-16-18-3-2-4-20(31)11-18/h2-8,11-13,17,19,26H,9-10,14-16H2,1H3,(H,35,38)(H,32,33,34)/t19-,26+/m0/s1. The molecule has 4 aromatic rings. The second-order valence-electron chi connectivity index (χ2n) is 10.1. The number of likely N-dealkylation sites (N-methyl/N-ethyl adjacent to an activating group) is 1. The molecule has 0 aliphatic carbocycles. The molecule has 8 nitrogen and oxygen atoms in total. The normalized spacial score (nSPS) is 18.8. The van der Waals surface area contributed by atoms with Crippen molar-refractivity contribution in [2.45, 2.75) is 19.1 Å². The Morgan fingerprint density at radius 2 is 1.97 bits per heavy atom. The number of nitrogens with one attached hydrogen (secondary N) is 2. The molecule has 0 unspecified atom stereocenters. The van der Waals surface area contributed by atoms with Crippen molar-refractivity contribution in [3.05, 3.63) is 83.4 Å². The fraction of sp³-hybridized carbons (Fsp3) is 0.276. The topological polar surface area (TPSA) is 82.6 Å². The van der Waals surface area contributed by atoms with E-state index in [9.17, 15) is 9.18 Å². The molecule has 0 saturated carbocycles. The number of hydrogen-bond donors (Lipinski definition) is 2. The molecule has 2 N–H and O–H groups in total. The van der Waals surface area contributed by atoms with Crippen molar-refractivity contribution in [1.82, 2.24) is 19.8 Å². The lowest BCUT2D eigenvalue weighted by atomic mass is 10.1. The Morgan fingerprint density at radius 3 is 2.79 bits per heavy atom. The van der Waals surface area contributed by atoms with E-state index in [0.717, 1.165) is 37.0 Å². The number of benzene rings is 3. The van der Waals surface area contributed by atoms with E-state index in [0.29, 0.717) is 45.5 Å². The van der Waals surface area contributed by atoms with Crippen LogP contribution in [0.2, 0.25) is 5.02 Å². The minimum atomic E-state index is -0.312. The van der Waals surface area contributed by atoms with Crippen LogP contribution in [0.3, 0.4) is 0 Å². The van der Waals surface area contributed by atoms with Crippen LogP contribution in [-0.4, -0.2) is 58.5 Å². The number of hydrogen-bond acceptors (Lipinski definition) is 6. The molecule has 39 heavy (non-hydrogen) atoms. The largest absolute Gasteiger partial charge is 0.487 e. The summed E-state index contributed by atoms with van der Waals surface area (Å²) in [6.45, 7) is 2.83. The number of carbonyl (C=O) groups is 1. The highest BCUT2D eigenvalue weighted by Crippen LogP contribution is 2.33. The highest BCUT2D eigenvalue weighted by Gasteiger charge is 2.41. The number of nitrogens with zero attached hydrogens (tertiary/aromatic N) is 4. The first-order valence-electron chi connectivity index (χ1n) is 12.9. The number of urea groups is 1. The minimum absolute atomic E-state index is 0.0934. The van der Waals surface area contributed by atoms with Gasteiger partial charge < -0.3 is 25.2 Å². The summed E-state index contributed by atoms with van der Waals surface area (Å²) in [5.74, 6) is 1.30. The Labute approximate surface area is 230 Å². The molecule has 0 radical (unpaired) electrons. The average molecular weight is 547 g/mol. The quantitative estimate of drug-likeness (QED) is 0.313. The number of rotatable bonds is 6. The lowest BCUT2D eigenvalue weighted by Crippen LogP contribution is -2.37. The van der Waals surface area contributed by atoms with Crippen LogP contribution < -0.4 is 15.4 Å². The lowest BCUT2D eigenvalue weighted by molar-refractivity contribution is 0.213. The van der Waals surface area contributed by atoms with Gasteiger partial charge in [-0.15, -0.1) is 0 Å². The summed E-state index contributed by atoms with van der Waals surface area (Å²) < 4.78 is 19.2. The van der Waals surface area contributed by atoms with Crippen LogP contribution in [0.15, 0.2) is 67.0 Å². The molecular weight excluding hydrogens is 519 g/mol. The monoisotopic (exact) mass is 546 g/mol. The van der Waals surface area contributed by atoms with Gasteiger partial charge >= 0.3 is 6.03 Å². The van der Waals surface area contributed by atoms with Crippen LogP contribution in [0.25, 0.3) is 10.9 Å². The Bertz CT molecular complexity index is 1540. The van der Waals surface area contributed by atoms with Gasteiger partial charge in [0, 0.05) is 35.9 Å². The van der Waals surface area contributed by atoms with Crippen LogP contribution in [-0.2, 0) is 6.61 Å². The van der Waals surface area contributed by atoms with E-state index < -0.39 is 0 Å². The van der Waals surface area contributed by atoms with Crippen molar-refractivity contribution in [2.75, 3.05) is 37.3 Å². The molecule has 10 heteroatoms. The predicted molar refractivity (Wildman–Crippen MR) is 150 cm³/mol. The number of carbonyl (C=O) groups excluding carboxylic acids is 1. The van der Waals surface area contributed by atoms with Gasteiger partial charge in [-0.25, -0.2) is 19.2 Å². The van der Waals surface area contributed by atoms with Crippen molar-refractivity contribution in [3.63, 3.8) is 0 Å². The molecule has 2 aliphatic heterocycles. The van der Waals surface area contributed by atoms with Crippen LogP contribution in [0.1, 0.15) is 12.0 Å². The summed E-state index contributed by atoms with van der Waals surface area (Å²) in [4.78, 5) is 26.0. The SMILES string of the molecule is CN1CC[C@H]2CN(C(=O)Nc3ccc4ncnc(Nc5ccc(OCc6cccc(F)c6)c(Cl)c5)c4c3)C[C@H]21. The summed E-state index contributed by atoms with van der Waals surface area (Å²) in [6.07, 6.45) is 2.62. The van der Waals surface area contributed by atoms with E-state index in [4.69, 9.17) is 16.3 Å². The fourth-order valence-electron chi connectivity index (χ4n) is 5.39. The van der Waals surface area contributed by atoms with Crippen molar-refractivity contribution in [2.24, 2.45) is 5.92 Å². The first-order valence-corrected chi connectivity index (χ1v) is 13.3. The Morgan fingerprint density at radius 1 is 1.10 bits per heavy atom. The van der Waals surface area contributed by atoms with Crippen LogP contribution >= 0.6 is 11.6 Å². The molecule has 3 aromatic carbocycles. The van der Waals surface area contributed by atoms with E-state index in [1.165, 1.54) is 18.5 Å². The van der Waals surface area contributed by atoms with Gasteiger partial charge in [0.25, 0.3) is 0 Å². The fourth-order valence-corrected chi connectivity index (χ4v) is 5.63. The Kier molecular flexibility index (Phi) is 6.93. The van der Waals surface area contributed by atoms with Crippen LogP contribution in [0, 0.1) is 11.7 Å². The predicted octanol–water partition coefficient (Wildman–Crippen LogP) is 5.91. The molecule has 6 rings (SSSR count). The van der Waals surface area contributed by atoms with Crippen molar-refractivity contribution < 1.29 is 13.9 Å². The summed E-state index contributed by atoms with van der Waals surface area (Å²) in [5, 5.41) is 7.50. The smallest absolute Gasteiger partial charge is 0.321 e. The molecule has 1 aromatic heterocycles. The first kappa shape index (κ1) is 25.3. The number of anilines is 3. The molecule has 2 aliphatic rings. The van der Waals surface area contributed by atoms with Gasteiger partial charge in [-0.05, 0) is 80.0 Å². The van der Waals surface area contributed by atoms with Crippen molar-refractivity contribution in [3.8, 4) is 5.75 Å². The molecule has 2 fully saturated rings. The summed E-state index contributed by atoms with van der Waals surface area (Å²) in [5.41, 5.74) is 2.84. The second-order valence-corrected chi connectivity index (χ2v) is 10.5. The average Bonchev–Trinajstić information content (AvgIpc) is 3.51. The minimum Gasteiger partial charge on any atom is -0.487 e. The number of halogens is 2. The van der Waals surface area contributed by atoms with Crippen molar-refractivity contribution >= 4 is 45.7 Å². The number of amides is 2. The maximum absolute atomic E-state index is 13.4. The van der Waals surface area contributed by atoms with E-state index in [1.807, 2.05) is 29.2 Å². The first-order chi connectivity index (χ1) is 18.9. The van der Waals surface area contributed by atoms with E-state index in [1.54, 1.807) is 24.3 Å². The van der Waals surface area contributed by atoms with E-state index in [-0.39, 0.29) is 18.5 Å². The number of likely N-dealkylation sites (tertiary alicyclic amines) is 2. The molecule has 3 heterocycles. The van der Waals surface area contributed by atoms with E-state index in [2.05, 4.69) is 32.5 Å². The summed E-state index contributed by atoms with van der Waals surface area (Å²) in [6, 6.07) is 17.5. The summed E-state index contributed by atoms with van der Waals surface area (Å²) in [7, 11) is 2.13. The van der Waals surface area contributed by atoms with E-state index >= 15 is 0 Å². The van der Waals surface area contributed by atoms with Crippen molar-refractivity contribution in [1.29, 1.82) is 0 Å². The summed E-state index contributed by atoms with van der Waals surface area (Å²) >= 11 is 6.47. The third kappa shape index (κ3) is 5.46. The molecule has 2 saturated heterocycles. The Hall–Kier alpha value is -3.95. The van der Waals surface area contributed by atoms with Gasteiger partial charge in [-0.1, -0.05) is 23.7 Å². The molecule has 2 atom stereocenters. The molecule has 0 bridgehead atoms. The van der Waals surface area contributed by atoms with Gasteiger partial charge in [0.05, 0.1) is 10.5 Å². The van der Waals surface area contributed by atoms with Crippen LogP contribution in [0.4, 0.5) is 26.4 Å². The molecular formula is C29H28ClFN6O2. The lowest BCUT2D eigenvalue weighted by Gasteiger charge is -2.21. The maximum atomic E-state index is 13.4. The Balaban J connectivity index is 1.15. The van der Waals surface area contributed by atoms with Gasteiger partial charge in [-0.3, -0.25) is 0 Å². The zero-order valence-corrected chi connectivity index (χ0v) is 22.2. The molecule has 0 spiro atoms. The van der Waals surface area contributed by atoms with Gasteiger partial charge in [0.1, 0.15) is 30.3 Å². The second kappa shape index (κ2) is 10.7. The number of fused-ring (bicyclic) bond motifs is 2. The third-order valence-corrected chi connectivity index (χ3v) is 7.77. The third-order valence-electron chi connectivity index (χ3n) is 7.48.